The molecular weight excluding hydrogens is 440 g/mol. The van der Waals surface area contributed by atoms with Crippen molar-refractivity contribution in [3.05, 3.63) is 51.2 Å². The number of rotatable bonds is 9. The number of amides is 1. The Labute approximate surface area is 196 Å². The fourth-order valence-electron chi connectivity index (χ4n) is 3.84. The van der Waals surface area contributed by atoms with Gasteiger partial charge in [-0.15, -0.1) is 0 Å². The number of para-hydroxylation sites is 1. The topological polar surface area (TPSA) is 143 Å². The minimum atomic E-state index is -0.906. The van der Waals surface area contributed by atoms with E-state index in [1.807, 2.05) is 13.0 Å². The summed E-state index contributed by atoms with van der Waals surface area (Å²) in [6.07, 6.45) is 1.49. The SMILES string of the molecule is CCCCn1c(N)c(N(CC)C(=O)C2CC(C(=O)OCC)=NN2c2ccccc2)c(=O)[nH]c1=O. The molecule has 11 nitrogen and oxygen atoms in total. The number of anilines is 3. The molecule has 0 saturated carbocycles. The van der Waals surface area contributed by atoms with Crippen LogP contribution in [0, 0.1) is 0 Å². The van der Waals surface area contributed by atoms with Crippen molar-refractivity contribution >= 4 is 34.8 Å². The van der Waals surface area contributed by atoms with Crippen LogP contribution >= 0.6 is 0 Å². The Morgan fingerprint density at radius 2 is 1.91 bits per heavy atom. The molecule has 1 aromatic carbocycles. The van der Waals surface area contributed by atoms with Gasteiger partial charge in [-0.2, -0.15) is 5.10 Å². The Morgan fingerprint density at radius 3 is 2.53 bits per heavy atom. The number of esters is 1. The van der Waals surface area contributed by atoms with Gasteiger partial charge in [0.15, 0.2) is 5.69 Å². The second kappa shape index (κ2) is 10.8. The Kier molecular flexibility index (Phi) is 7.87. The van der Waals surface area contributed by atoms with Gasteiger partial charge in [0.2, 0.25) is 0 Å². The molecule has 0 bridgehead atoms. The van der Waals surface area contributed by atoms with Crippen LogP contribution in [0.25, 0.3) is 0 Å². The lowest BCUT2D eigenvalue weighted by Gasteiger charge is -2.29. The average Bonchev–Trinajstić information content (AvgIpc) is 3.27. The van der Waals surface area contributed by atoms with Gasteiger partial charge >= 0.3 is 11.7 Å². The molecule has 3 rings (SSSR count). The second-order valence-corrected chi connectivity index (χ2v) is 7.75. The highest BCUT2D eigenvalue weighted by molar-refractivity contribution is 6.38. The highest BCUT2D eigenvalue weighted by Crippen LogP contribution is 2.28. The van der Waals surface area contributed by atoms with Gasteiger partial charge in [-0.1, -0.05) is 31.5 Å². The highest BCUT2D eigenvalue weighted by Gasteiger charge is 2.40. The third-order valence-corrected chi connectivity index (χ3v) is 5.53. The van der Waals surface area contributed by atoms with E-state index in [2.05, 4.69) is 10.1 Å². The van der Waals surface area contributed by atoms with Crippen LogP contribution in [0.15, 0.2) is 45.0 Å². The third kappa shape index (κ3) is 4.87. The normalized spacial score (nSPS) is 15.2. The van der Waals surface area contributed by atoms with Gasteiger partial charge in [-0.25, -0.2) is 9.59 Å². The second-order valence-electron chi connectivity index (χ2n) is 7.75. The van der Waals surface area contributed by atoms with Crippen LogP contribution < -0.4 is 26.9 Å². The molecule has 0 saturated heterocycles. The van der Waals surface area contributed by atoms with Crippen molar-refractivity contribution in [1.29, 1.82) is 0 Å². The van der Waals surface area contributed by atoms with Crippen molar-refractivity contribution in [2.75, 3.05) is 28.8 Å². The number of H-pyrrole nitrogens is 1. The van der Waals surface area contributed by atoms with Crippen LogP contribution in [0.5, 0.6) is 0 Å². The Balaban J connectivity index is 2.03. The molecule has 1 amide bonds. The lowest BCUT2D eigenvalue weighted by molar-refractivity contribution is -0.135. The Morgan fingerprint density at radius 1 is 1.21 bits per heavy atom. The van der Waals surface area contributed by atoms with Crippen LogP contribution in [0.2, 0.25) is 0 Å². The number of nitrogens with zero attached hydrogens (tertiary/aromatic N) is 4. The van der Waals surface area contributed by atoms with Gasteiger partial charge in [0, 0.05) is 19.5 Å². The van der Waals surface area contributed by atoms with Gasteiger partial charge in [-0.3, -0.25) is 24.1 Å². The van der Waals surface area contributed by atoms with Crippen molar-refractivity contribution in [1.82, 2.24) is 9.55 Å². The molecule has 1 atom stereocenters. The van der Waals surface area contributed by atoms with E-state index in [0.717, 1.165) is 6.42 Å². The molecule has 0 spiro atoms. The molecule has 0 aliphatic carbocycles. The monoisotopic (exact) mass is 470 g/mol. The third-order valence-electron chi connectivity index (χ3n) is 5.53. The van der Waals surface area contributed by atoms with Crippen molar-refractivity contribution < 1.29 is 14.3 Å². The number of nitrogens with two attached hydrogens (primary N) is 1. The predicted molar refractivity (Wildman–Crippen MR) is 130 cm³/mol. The lowest BCUT2D eigenvalue weighted by atomic mass is 10.1. The van der Waals surface area contributed by atoms with Gasteiger partial charge in [0.1, 0.15) is 17.6 Å². The van der Waals surface area contributed by atoms with E-state index in [4.69, 9.17) is 10.5 Å². The van der Waals surface area contributed by atoms with Crippen molar-refractivity contribution in [2.45, 2.75) is 52.6 Å². The van der Waals surface area contributed by atoms with E-state index in [0.29, 0.717) is 18.7 Å². The quantitative estimate of drug-likeness (QED) is 0.528. The number of ether oxygens (including phenoxy) is 1. The number of carbonyl (C=O) groups is 2. The van der Waals surface area contributed by atoms with Crippen LogP contribution in [0.1, 0.15) is 40.0 Å². The highest BCUT2D eigenvalue weighted by atomic mass is 16.5. The van der Waals surface area contributed by atoms with Gasteiger partial charge in [-0.05, 0) is 32.4 Å². The van der Waals surface area contributed by atoms with Crippen molar-refractivity contribution in [3.63, 3.8) is 0 Å². The molecule has 1 aliphatic heterocycles. The minimum Gasteiger partial charge on any atom is -0.461 e. The van der Waals surface area contributed by atoms with Gasteiger partial charge < -0.3 is 15.4 Å². The number of benzene rings is 1. The largest absolute Gasteiger partial charge is 0.461 e. The summed E-state index contributed by atoms with van der Waals surface area (Å²) in [6, 6.07) is 8.03. The van der Waals surface area contributed by atoms with Crippen molar-refractivity contribution in [3.8, 4) is 0 Å². The smallest absolute Gasteiger partial charge is 0.354 e. The zero-order chi connectivity index (χ0) is 24.8. The Bertz CT molecular complexity index is 1190. The molecule has 2 aromatic rings. The molecule has 182 valence electrons. The molecule has 2 heterocycles. The number of nitrogen functional groups attached to an aromatic ring is 1. The number of carbonyl (C=O) groups excluding carboxylic acids is 2. The number of unbranched alkanes of at least 4 members (excludes halogenated alkanes) is 1. The van der Waals surface area contributed by atoms with Crippen LogP contribution in [-0.2, 0) is 20.9 Å². The van der Waals surface area contributed by atoms with E-state index < -0.39 is 29.2 Å². The molecule has 11 heteroatoms. The first kappa shape index (κ1) is 24.7. The number of aromatic nitrogens is 2. The molecule has 0 radical (unpaired) electrons. The van der Waals surface area contributed by atoms with Crippen LogP contribution in [-0.4, -0.2) is 46.3 Å². The molecule has 3 N–H and O–H groups in total. The maximum Gasteiger partial charge on any atom is 0.354 e. The first-order valence-electron chi connectivity index (χ1n) is 11.4. The molecule has 1 aromatic heterocycles. The van der Waals surface area contributed by atoms with Crippen LogP contribution in [0.3, 0.4) is 0 Å². The molecule has 1 unspecified atom stereocenters. The standard InChI is InChI=1S/C23H30N6O5/c1-4-7-13-28-19(24)18(20(30)25-23(28)33)27(5-2)21(31)17-14-16(22(32)34-6-3)26-29(17)15-11-9-8-10-12-15/h8-12,17H,4-7,13-14,24H2,1-3H3,(H,25,30,33). The summed E-state index contributed by atoms with van der Waals surface area (Å²) in [4.78, 5) is 54.7. The zero-order valence-corrected chi connectivity index (χ0v) is 19.6. The number of hydrogen-bond acceptors (Lipinski definition) is 8. The number of likely N-dealkylation sites (N-methyl/N-ethyl adjacent to an activating group) is 1. The zero-order valence-electron chi connectivity index (χ0n) is 19.6. The summed E-state index contributed by atoms with van der Waals surface area (Å²) < 4.78 is 6.34. The molecular formula is C23H30N6O5. The average molecular weight is 471 g/mol. The number of aromatic amines is 1. The van der Waals surface area contributed by atoms with Crippen LogP contribution in [0.4, 0.5) is 17.2 Å². The molecule has 34 heavy (non-hydrogen) atoms. The van der Waals surface area contributed by atoms with E-state index in [-0.39, 0.29) is 36.8 Å². The summed E-state index contributed by atoms with van der Waals surface area (Å²) in [5.74, 6) is -1.16. The lowest BCUT2D eigenvalue weighted by Crippen LogP contribution is -2.48. The number of nitrogens with one attached hydrogen (secondary N) is 1. The van der Waals surface area contributed by atoms with E-state index in [1.165, 1.54) is 14.5 Å². The molecule has 0 fully saturated rings. The first-order chi connectivity index (χ1) is 16.3. The summed E-state index contributed by atoms with van der Waals surface area (Å²) >= 11 is 0. The summed E-state index contributed by atoms with van der Waals surface area (Å²) in [7, 11) is 0. The first-order valence-corrected chi connectivity index (χ1v) is 11.4. The predicted octanol–water partition coefficient (Wildman–Crippen LogP) is 1.47. The fraction of sp³-hybridized carbons (Fsp3) is 0.435. The van der Waals surface area contributed by atoms with Crippen molar-refractivity contribution in [2.24, 2.45) is 5.10 Å². The minimum absolute atomic E-state index is 0.00363. The van der Waals surface area contributed by atoms with Gasteiger partial charge in [0.05, 0.1) is 12.3 Å². The van der Waals surface area contributed by atoms with E-state index in [9.17, 15) is 19.2 Å². The summed E-state index contributed by atoms with van der Waals surface area (Å²) in [6.45, 7) is 5.96. The summed E-state index contributed by atoms with van der Waals surface area (Å²) in [5, 5.41) is 5.82. The Hall–Kier alpha value is -3.89. The summed E-state index contributed by atoms with van der Waals surface area (Å²) in [5.41, 5.74) is 5.47. The number of hydrogen-bond donors (Lipinski definition) is 2. The van der Waals surface area contributed by atoms with E-state index >= 15 is 0 Å². The molecule has 1 aliphatic rings. The maximum atomic E-state index is 13.8. The number of hydrazone groups is 1. The van der Waals surface area contributed by atoms with E-state index in [1.54, 1.807) is 38.1 Å². The maximum absolute atomic E-state index is 13.8. The van der Waals surface area contributed by atoms with Gasteiger partial charge in [0.25, 0.3) is 11.5 Å². The fourth-order valence-corrected chi connectivity index (χ4v) is 3.84.